The highest BCUT2D eigenvalue weighted by atomic mass is 35.5. The molecule has 6 nitrogen and oxygen atoms in total. The first kappa shape index (κ1) is 22.7. The third-order valence-electron chi connectivity index (χ3n) is 6.25. The largest absolute Gasteiger partial charge is 0.573 e. The number of ether oxygens (including phenoxy) is 2. The number of morpholine rings is 1. The van der Waals surface area contributed by atoms with Crippen molar-refractivity contribution in [3.63, 3.8) is 0 Å². The summed E-state index contributed by atoms with van der Waals surface area (Å²) in [6.45, 7) is 2.15. The summed E-state index contributed by atoms with van der Waals surface area (Å²) in [6, 6.07) is 5.74. The molecule has 32 heavy (non-hydrogen) atoms. The van der Waals surface area contributed by atoms with Crippen LogP contribution in [0.2, 0.25) is 0 Å². The Kier molecular flexibility index (Phi) is 6.22. The monoisotopic (exact) mass is 469 g/mol. The highest BCUT2D eigenvalue weighted by molar-refractivity contribution is 5.95. The molecule has 2 bridgehead atoms. The Morgan fingerprint density at radius 3 is 2.59 bits per heavy atom. The van der Waals surface area contributed by atoms with Gasteiger partial charge in [-0.3, -0.25) is 4.79 Å². The van der Waals surface area contributed by atoms with E-state index < -0.39 is 6.36 Å². The first-order chi connectivity index (χ1) is 14.9. The minimum Gasteiger partial charge on any atom is -0.406 e. The second-order valence-electron chi connectivity index (χ2n) is 8.16. The fraction of sp³-hybridized carbons (Fsp3) is 0.455. The van der Waals surface area contributed by atoms with Crippen molar-refractivity contribution in [3.05, 3.63) is 47.3 Å². The van der Waals surface area contributed by atoms with Gasteiger partial charge in [0, 0.05) is 24.8 Å². The van der Waals surface area contributed by atoms with Crippen LogP contribution >= 0.6 is 12.4 Å². The van der Waals surface area contributed by atoms with E-state index in [4.69, 9.17) is 4.74 Å². The predicted molar refractivity (Wildman–Crippen MR) is 114 cm³/mol. The third-order valence-corrected chi connectivity index (χ3v) is 6.25. The van der Waals surface area contributed by atoms with Gasteiger partial charge in [0.2, 0.25) is 0 Å². The molecule has 0 radical (unpaired) electrons. The van der Waals surface area contributed by atoms with E-state index in [2.05, 4.69) is 15.0 Å². The van der Waals surface area contributed by atoms with Gasteiger partial charge in [-0.25, -0.2) is 4.98 Å². The van der Waals surface area contributed by atoms with Gasteiger partial charge in [-0.15, -0.1) is 25.6 Å². The van der Waals surface area contributed by atoms with Gasteiger partial charge in [0.05, 0.1) is 25.1 Å². The molecule has 1 aliphatic heterocycles. The van der Waals surface area contributed by atoms with Crippen LogP contribution in [0.15, 0.2) is 30.5 Å². The van der Waals surface area contributed by atoms with E-state index in [1.165, 1.54) is 18.2 Å². The van der Waals surface area contributed by atoms with Crippen molar-refractivity contribution in [3.8, 4) is 5.75 Å². The standard InChI is InChI=1S/C22H22F3N3O3.ClH/c23-22(24,25)31-16-3-1-2-15(11-16)27-17-12-26-20(21(29)28-6-8-30-9-7-28)19-14-5-4-13(10-14)18(17)19;/h1-3,11-14,27H,4-10H2;1H. The van der Waals surface area contributed by atoms with Crippen molar-refractivity contribution >= 4 is 29.7 Å². The van der Waals surface area contributed by atoms with E-state index in [-0.39, 0.29) is 24.1 Å². The van der Waals surface area contributed by atoms with Crippen molar-refractivity contribution in [2.75, 3.05) is 31.6 Å². The van der Waals surface area contributed by atoms with Crippen LogP contribution in [-0.4, -0.2) is 48.5 Å². The fourth-order valence-corrected chi connectivity index (χ4v) is 5.01. The van der Waals surface area contributed by atoms with Gasteiger partial charge in [-0.2, -0.15) is 0 Å². The van der Waals surface area contributed by atoms with Gasteiger partial charge in [0.15, 0.2) is 0 Å². The fourth-order valence-electron chi connectivity index (χ4n) is 5.01. The zero-order valence-electron chi connectivity index (χ0n) is 17.2. The van der Waals surface area contributed by atoms with E-state index in [9.17, 15) is 18.0 Å². The molecule has 1 aromatic carbocycles. The lowest BCUT2D eigenvalue weighted by Crippen LogP contribution is -2.41. The maximum Gasteiger partial charge on any atom is 0.573 e. The lowest BCUT2D eigenvalue weighted by atomic mass is 9.89. The summed E-state index contributed by atoms with van der Waals surface area (Å²) in [7, 11) is 0. The Labute approximate surface area is 189 Å². The van der Waals surface area contributed by atoms with Crippen molar-refractivity contribution in [2.45, 2.75) is 37.5 Å². The highest BCUT2D eigenvalue weighted by Crippen LogP contribution is 2.56. The normalized spacial score (nSPS) is 21.7. The summed E-state index contributed by atoms with van der Waals surface area (Å²) in [4.78, 5) is 19.4. The molecule has 2 aliphatic carbocycles. The van der Waals surface area contributed by atoms with Gasteiger partial charge in [0.1, 0.15) is 11.4 Å². The summed E-state index contributed by atoms with van der Waals surface area (Å²) in [6.07, 6.45) is -0.0667. The Morgan fingerprint density at radius 2 is 1.88 bits per heavy atom. The number of nitrogens with zero attached hydrogens (tertiary/aromatic N) is 2. The average molecular weight is 470 g/mol. The minimum atomic E-state index is -4.75. The number of carbonyl (C=O) groups is 1. The number of nitrogens with one attached hydrogen (secondary N) is 1. The molecule has 10 heteroatoms. The first-order valence-electron chi connectivity index (χ1n) is 10.4. The molecule has 1 saturated carbocycles. The number of alkyl halides is 3. The average Bonchev–Trinajstić information content (AvgIpc) is 3.36. The van der Waals surface area contributed by atoms with Crippen molar-refractivity contribution in [2.24, 2.45) is 0 Å². The molecule has 2 unspecified atom stereocenters. The molecule has 0 spiro atoms. The summed E-state index contributed by atoms with van der Waals surface area (Å²) in [5, 5.41) is 3.21. The summed E-state index contributed by atoms with van der Waals surface area (Å²) < 4.78 is 47.0. The second-order valence-corrected chi connectivity index (χ2v) is 8.16. The number of hydrogen-bond acceptors (Lipinski definition) is 5. The Bertz CT molecular complexity index is 1010. The molecular formula is C22H23ClF3N3O3. The Balaban J connectivity index is 0.00000245. The molecule has 2 atom stereocenters. The molecule has 1 amide bonds. The van der Waals surface area contributed by atoms with Crippen LogP contribution in [0.3, 0.4) is 0 Å². The molecular weight excluding hydrogens is 447 g/mol. The highest BCUT2D eigenvalue weighted by Gasteiger charge is 2.42. The minimum absolute atomic E-state index is 0. The zero-order chi connectivity index (χ0) is 21.6. The number of aromatic nitrogens is 1. The van der Waals surface area contributed by atoms with Crippen LogP contribution in [0, 0.1) is 0 Å². The quantitative estimate of drug-likeness (QED) is 0.684. The van der Waals surface area contributed by atoms with Crippen LogP contribution in [0.25, 0.3) is 0 Å². The van der Waals surface area contributed by atoms with Gasteiger partial charge in [-0.05, 0) is 54.4 Å². The number of anilines is 2. The first-order valence-corrected chi connectivity index (χ1v) is 10.4. The number of amides is 1. The molecule has 1 N–H and O–H groups in total. The number of fused-ring (bicyclic) bond motifs is 5. The molecule has 5 rings (SSSR count). The molecule has 1 aromatic heterocycles. The number of halogens is 4. The maximum atomic E-state index is 13.1. The third kappa shape index (κ3) is 4.36. The van der Waals surface area contributed by atoms with Crippen LogP contribution < -0.4 is 10.1 Å². The van der Waals surface area contributed by atoms with E-state index in [0.717, 1.165) is 36.1 Å². The summed E-state index contributed by atoms with van der Waals surface area (Å²) in [5.74, 6) is 0.271. The maximum absolute atomic E-state index is 13.1. The number of benzene rings is 1. The van der Waals surface area contributed by atoms with Crippen molar-refractivity contribution in [1.82, 2.24) is 9.88 Å². The SMILES string of the molecule is Cl.O=C(c1ncc(Nc2cccc(OC(F)(F)F)c2)c2c1C1CCC2C1)N1CCOCC1. The van der Waals surface area contributed by atoms with Gasteiger partial charge >= 0.3 is 6.36 Å². The summed E-state index contributed by atoms with van der Waals surface area (Å²) >= 11 is 0. The molecule has 1 saturated heterocycles. The van der Waals surface area contributed by atoms with E-state index in [1.54, 1.807) is 17.2 Å². The van der Waals surface area contributed by atoms with E-state index in [1.807, 2.05) is 0 Å². The number of rotatable bonds is 4. The lowest BCUT2D eigenvalue weighted by Gasteiger charge is -2.29. The van der Waals surface area contributed by atoms with Crippen LogP contribution in [0.4, 0.5) is 24.5 Å². The lowest BCUT2D eigenvalue weighted by molar-refractivity contribution is -0.274. The molecule has 2 fully saturated rings. The van der Waals surface area contributed by atoms with Crippen molar-refractivity contribution in [1.29, 1.82) is 0 Å². The predicted octanol–water partition coefficient (Wildman–Crippen LogP) is 4.98. The number of hydrogen-bond donors (Lipinski definition) is 1. The Hall–Kier alpha value is -2.52. The topological polar surface area (TPSA) is 63.7 Å². The molecule has 2 aromatic rings. The van der Waals surface area contributed by atoms with E-state index in [0.29, 0.717) is 49.5 Å². The second kappa shape index (κ2) is 8.78. The van der Waals surface area contributed by atoms with Crippen LogP contribution in [0.1, 0.15) is 52.7 Å². The number of pyridine rings is 1. The number of carbonyl (C=O) groups excluding carboxylic acids is 1. The van der Waals surface area contributed by atoms with Crippen LogP contribution in [-0.2, 0) is 4.74 Å². The molecule has 172 valence electrons. The van der Waals surface area contributed by atoms with E-state index >= 15 is 0 Å². The molecule has 2 heterocycles. The summed E-state index contributed by atoms with van der Waals surface area (Å²) in [5.41, 5.74) is 3.79. The zero-order valence-corrected chi connectivity index (χ0v) is 18.0. The van der Waals surface area contributed by atoms with Gasteiger partial charge in [-0.1, -0.05) is 6.07 Å². The smallest absolute Gasteiger partial charge is 0.406 e. The Morgan fingerprint density at radius 1 is 1.16 bits per heavy atom. The van der Waals surface area contributed by atoms with Crippen molar-refractivity contribution < 1.29 is 27.4 Å². The van der Waals surface area contributed by atoms with Gasteiger partial charge < -0.3 is 19.7 Å². The van der Waals surface area contributed by atoms with Crippen LogP contribution in [0.5, 0.6) is 5.75 Å². The molecule has 3 aliphatic rings. The van der Waals surface area contributed by atoms with Gasteiger partial charge in [0.25, 0.3) is 5.91 Å².